The minimum atomic E-state index is -0.312. The number of rotatable bonds is 6. The fraction of sp³-hybridized carbons (Fsp3) is 0.292. The first-order valence-corrected chi connectivity index (χ1v) is 11.4. The molecule has 0 unspecified atom stereocenters. The number of aromatic nitrogens is 3. The third kappa shape index (κ3) is 3.63. The molecular formula is C24H23N3O3S. The zero-order valence-electron chi connectivity index (χ0n) is 17.6. The third-order valence-corrected chi connectivity index (χ3v) is 6.80. The molecule has 2 aromatic heterocycles. The Morgan fingerprint density at radius 1 is 1.13 bits per heavy atom. The molecule has 0 aliphatic heterocycles. The quantitative estimate of drug-likeness (QED) is 0.319. The Labute approximate surface area is 184 Å². The average molecular weight is 434 g/mol. The monoisotopic (exact) mass is 433 g/mol. The van der Waals surface area contributed by atoms with Crippen molar-refractivity contribution in [2.75, 3.05) is 7.11 Å². The van der Waals surface area contributed by atoms with Crippen LogP contribution in [0.3, 0.4) is 0 Å². The minimum absolute atomic E-state index is 0.312. The van der Waals surface area contributed by atoms with Crippen LogP contribution in [-0.2, 0) is 25.1 Å². The smallest absolute Gasteiger partial charge is 0.336 e. The van der Waals surface area contributed by atoms with E-state index in [4.69, 9.17) is 9.15 Å². The lowest BCUT2D eigenvalue weighted by molar-refractivity contribution is 0.416. The topological polar surface area (TPSA) is 70.2 Å². The molecule has 0 fully saturated rings. The Bertz CT molecular complexity index is 1330. The second-order valence-corrected chi connectivity index (χ2v) is 8.54. The van der Waals surface area contributed by atoms with Gasteiger partial charge < -0.3 is 13.7 Å². The van der Waals surface area contributed by atoms with Crippen LogP contribution in [-0.4, -0.2) is 21.9 Å². The number of nitrogens with zero attached hydrogens (tertiary/aromatic N) is 3. The van der Waals surface area contributed by atoms with E-state index in [1.807, 2.05) is 30.3 Å². The second-order valence-electron chi connectivity index (χ2n) is 7.60. The summed E-state index contributed by atoms with van der Waals surface area (Å²) < 4.78 is 13.1. The molecule has 5 rings (SSSR count). The molecule has 0 N–H and O–H groups in total. The van der Waals surface area contributed by atoms with Crippen LogP contribution in [0.4, 0.5) is 0 Å². The maximum Gasteiger partial charge on any atom is 0.336 e. The lowest BCUT2D eigenvalue weighted by Gasteiger charge is -2.11. The molecule has 4 aromatic rings. The fourth-order valence-corrected chi connectivity index (χ4v) is 5.26. The molecule has 0 radical (unpaired) electrons. The summed E-state index contributed by atoms with van der Waals surface area (Å²) in [6.07, 6.45) is 3.30. The Hall–Kier alpha value is -3.06. The number of hydrogen-bond acceptors (Lipinski definition) is 6. The summed E-state index contributed by atoms with van der Waals surface area (Å²) in [5.41, 5.74) is 4.90. The molecule has 0 atom stereocenters. The van der Waals surface area contributed by atoms with Gasteiger partial charge in [0.25, 0.3) is 0 Å². The molecule has 0 saturated carbocycles. The zero-order valence-corrected chi connectivity index (χ0v) is 18.4. The van der Waals surface area contributed by atoms with Gasteiger partial charge in [-0.2, -0.15) is 0 Å². The average Bonchev–Trinajstić information content (AvgIpc) is 3.41. The van der Waals surface area contributed by atoms with Crippen molar-refractivity contribution in [1.82, 2.24) is 14.8 Å². The molecule has 0 spiro atoms. The van der Waals surface area contributed by atoms with Crippen LogP contribution in [0, 0.1) is 0 Å². The summed E-state index contributed by atoms with van der Waals surface area (Å²) in [7, 11) is 1.66. The molecule has 2 heterocycles. The molecule has 0 saturated heterocycles. The lowest BCUT2D eigenvalue weighted by atomic mass is 10.0. The molecule has 0 bridgehead atoms. The normalized spacial score (nSPS) is 13.0. The van der Waals surface area contributed by atoms with E-state index in [1.165, 1.54) is 11.1 Å². The summed E-state index contributed by atoms with van der Waals surface area (Å²) in [4.78, 5) is 12.2. The first-order chi connectivity index (χ1) is 15.2. The van der Waals surface area contributed by atoms with E-state index >= 15 is 0 Å². The minimum Gasteiger partial charge on any atom is -0.496 e. The number of methoxy groups -OCH3 is 1. The van der Waals surface area contributed by atoms with Gasteiger partial charge in [-0.1, -0.05) is 23.9 Å². The molecule has 7 heteroatoms. The van der Waals surface area contributed by atoms with Crippen LogP contribution < -0.4 is 10.4 Å². The van der Waals surface area contributed by atoms with Gasteiger partial charge in [-0.25, -0.2) is 4.79 Å². The third-order valence-electron chi connectivity index (χ3n) is 5.78. The van der Waals surface area contributed by atoms with Crippen LogP contribution >= 0.6 is 11.8 Å². The van der Waals surface area contributed by atoms with Crippen molar-refractivity contribution in [3.05, 3.63) is 69.6 Å². The van der Waals surface area contributed by atoms with E-state index in [1.54, 1.807) is 24.9 Å². The molecule has 0 amide bonds. The van der Waals surface area contributed by atoms with Crippen molar-refractivity contribution in [3.63, 3.8) is 0 Å². The summed E-state index contributed by atoms with van der Waals surface area (Å²) >= 11 is 1.58. The number of aryl methyl sites for hydroxylation is 2. The number of thioether (sulfide) groups is 1. The van der Waals surface area contributed by atoms with Crippen molar-refractivity contribution in [2.24, 2.45) is 0 Å². The largest absolute Gasteiger partial charge is 0.496 e. The van der Waals surface area contributed by atoms with Gasteiger partial charge in [0.15, 0.2) is 11.0 Å². The van der Waals surface area contributed by atoms with E-state index in [0.29, 0.717) is 11.3 Å². The highest BCUT2D eigenvalue weighted by Crippen LogP contribution is 2.34. The Balaban J connectivity index is 1.49. The van der Waals surface area contributed by atoms with Gasteiger partial charge >= 0.3 is 5.63 Å². The summed E-state index contributed by atoms with van der Waals surface area (Å²) in [5, 5.41) is 10.7. The fourth-order valence-electron chi connectivity index (χ4n) is 4.27. The number of hydrogen-bond donors (Lipinski definition) is 0. The van der Waals surface area contributed by atoms with Gasteiger partial charge in [-0.15, -0.1) is 10.2 Å². The zero-order chi connectivity index (χ0) is 21.4. The molecule has 158 valence electrons. The summed E-state index contributed by atoms with van der Waals surface area (Å²) in [6, 6.07) is 13.7. The SMILES string of the molecule is CCn1c(SCc2cc(=O)oc3cc4c(cc23)CCC4)nnc1-c1ccccc1OC. The summed E-state index contributed by atoms with van der Waals surface area (Å²) in [6.45, 7) is 2.80. The van der Waals surface area contributed by atoms with Gasteiger partial charge in [0.2, 0.25) is 0 Å². The highest BCUT2D eigenvalue weighted by atomic mass is 32.2. The maximum atomic E-state index is 12.2. The van der Waals surface area contributed by atoms with Crippen LogP contribution in [0.2, 0.25) is 0 Å². The van der Waals surface area contributed by atoms with Gasteiger partial charge in [-0.05, 0) is 67.1 Å². The van der Waals surface area contributed by atoms with Gasteiger partial charge in [0, 0.05) is 23.8 Å². The van der Waals surface area contributed by atoms with E-state index in [-0.39, 0.29) is 5.63 Å². The van der Waals surface area contributed by atoms with Crippen molar-refractivity contribution >= 4 is 22.7 Å². The number of benzene rings is 2. The van der Waals surface area contributed by atoms with E-state index in [2.05, 4.69) is 27.8 Å². The van der Waals surface area contributed by atoms with Gasteiger partial charge in [0.1, 0.15) is 11.3 Å². The van der Waals surface area contributed by atoms with E-state index in [0.717, 1.165) is 59.1 Å². The Morgan fingerprint density at radius 3 is 2.74 bits per heavy atom. The van der Waals surface area contributed by atoms with E-state index in [9.17, 15) is 4.79 Å². The van der Waals surface area contributed by atoms with Crippen molar-refractivity contribution in [2.45, 2.75) is 43.6 Å². The first kappa shape index (κ1) is 19.9. The maximum absolute atomic E-state index is 12.2. The lowest BCUT2D eigenvalue weighted by Crippen LogP contribution is -2.03. The number of para-hydroxylation sites is 1. The first-order valence-electron chi connectivity index (χ1n) is 10.5. The highest BCUT2D eigenvalue weighted by molar-refractivity contribution is 7.98. The predicted molar refractivity (Wildman–Crippen MR) is 122 cm³/mol. The molecule has 6 nitrogen and oxygen atoms in total. The van der Waals surface area contributed by atoms with Crippen molar-refractivity contribution < 1.29 is 9.15 Å². The molecular weight excluding hydrogens is 410 g/mol. The Morgan fingerprint density at radius 2 is 1.94 bits per heavy atom. The Kier molecular flexibility index (Phi) is 5.28. The van der Waals surface area contributed by atoms with E-state index < -0.39 is 0 Å². The van der Waals surface area contributed by atoms with Crippen molar-refractivity contribution in [3.8, 4) is 17.1 Å². The van der Waals surface area contributed by atoms with Crippen LogP contribution in [0.1, 0.15) is 30.0 Å². The van der Waals surface area contributed by atoms with Crippen LogP contribution in [0.5, 0.6) is 5.75 Å². The predicted octanol–water partition coefficient (Wildman–Crippen LogP) is 4.86. The highest BCUT2D eigenvalue weighted by Gasteiger charge is 2.18. The molecule has 2 aromatic carbocycles. The molecule has 31 heavy (non-hydrogen) atoms. The molecule has 1 aliphatic carbocycles. The molecule has 1 aliphatic rings. The van der Waals surface area contributed by atoms with Crippen LogP contribution in [0.25, 0.3) is 22.4 Å². The number of fused-ring (bicyclic) bond motifs is 2. The van der Waals surface area contributed by atoms with Gasteiger partial charge in [0.05, 0.1) is 12.7 Å². The second kappa shape index (κ2) is 8.23. The van der Waals surface area contributed by atoms with Gasteiger partial charge in [-0.3, -0.25) is 0 Å². The van der Waals surface area contributed by atoms with Crippen molar-refractivity contribution in [1.29, 1.82) is 0 Å². The number of ether oxygens (including phenoxy) is 1. The summed E-state index contributed by atoms with van der Waals surface area (Å²) in [5.74, 6) is 2.16. The van der Waals surface area contributed by atoms with Crippen LogP contribution in [0.15, 0.2) is 56.8 Å². The standard InChI is InChI=1S/C24H23N3O3S/c1-3-27-23(18-9-4-5-10-20(18)29-2)25-26-24(27)31-14-17-13-22(28)30-21-12-16-8-6-7-15(16)11-19(17)21/h4-5,9-13H,3,6-8,14H2,1-2H3.